The summed E-state index contributed by atoms with van der Waals surface area (Å²) in [6.07, 6.45) is 0. The third-order valence-electron chi connectivity index (χ3n) is 3.18. The van der Waals surface area contributed by atoms with Crippen LogP contribution in [0.2, 0.25) is 0 Å². The zero-order valence-corrected chi connectivity index (χ0v) is 10.5. The fraction of sp³-hybridized carbons (Fsp3) is 0.583. The van der Waals surface area contributed by atoms with E-state index in [1.807, 2.05) is 0 Å². The summed E-state index contributed by atoms with van der Waals surface area (Å²) in [7, 11) is 1.47. The molecule has 0 aliphatic carbocycles. The molecule has 0 amide bonds. The number of carbonyl (C=O) groups is 1. The van der Waals surface area contributed by atoms with Gasteiger partial charge in [-0.2, -0.15) is 11.3 Å². The van der Waals surface area contributed by atoms with Gasteiger partial charge in [-0.15, -0.1) is 0 Å². The van der Waals surface area contributed by atoms with E-state index in [-0.39, 0.29) is 11.9 Å². The first kappa shape index (κ1) is 11.6. The number of ether oxygens (including phenoxy) is 1. The number of rotatable bonds is 3. The fourth-order valence-corrected chi connectivity index (χ4v) is 2.96. The van der Waals surface area contributed by atoms with Crippen LogP contribution in [0.3, 0.4) is 0 Å². The summed E-state index contributed by atoms with van der Waals surface area (Å²) in [6.45, 7) is 4.87. The quantitative estimate of drug-likeness (QED) is 0.755. The maximum absolute atomic E-state index is 11.5. The predicted octanol–water partition coefficient (Wildman–Crippen LogP) is 1.99. The van der Waals surface area contributed by atoms with Crippen LogP contribution in [0.15, 0.2) is 16.8 Å². The van der Waals surface area contributed by atoms with Crippen LogP contribution in [-0.2, 0) is 16.1 Å². The van der Waals surface area contributed by atoms with Crippen molar-refractivity contribution in [1.82, 2.24) is 4.90 Å². The minimum Gasteiger partial charge on any atom is -0.469 e. The molecule has 88 valence electrons. The lowest BCUT2D eigenvalue weighted by molar-refractivity contribution is -0.146. The summed E-state index contributed by atoms with van der Waals surface area (Å²) >= 11 is 1.72. The van der Waals surface area contributed by atoms with Crippen LogP contribution in [0.4, 0.5) is 0 Å². The van der Waals surface area contributed by atoms with E-state index in [4.69, 9.17) is 4.74 Å². The third-order valence-corrected chi connectivity index (χ3v) is 3.91. The van der Waals surface area contributed by atoms with Gasteiger partial charge in [-0.1, -0.05) is 6.92 Å². The van der Waals surface area contributed by atoms with Gasteiger partial charge in [0.2, 0.25) is 0 Å². The Bertz CT molecular complexity index is 350. The van der Waals surface area contributed by atoms with E-state index in [1.54, 1.807) is 11.3 Å². The lowest BCUT2D eigenvalue weighted by Gasteiger charge is -2.14. The number of hydrogen-bond acceptors (Lipinski definition) is 4. The molecule has 0 N–H and O–H groups in total. The van der Waals surface area contributed by atoms with Crippen LogP contribution < -0.4 is 0 Å². The third kappa shape index (κ3) is 2.44. The maximum atomic E-state index is 11.5. The second-order valence-corrected chi connectivity index (χ2v) is 5.21. The van der Waals surface area contributed by atoms with Gasteiger partial charge in [-0.05, 0) is 28.3 Å². The van der Waals surface area contributed by atoms with Crippen LogP contribution in [0, 0.1) is 11.8 Å². The zero-order chi connectivity index (χ0) is 11.5. The molecule has 0 bridgehead atoms. The second-order valence-electron chi connectivity index (χ2n) is 4.43. The molecular formula is C12H17NO2S. The van der Waals surface area contributed by atoms with Gasteiger partial charge >= 0.3 is 5.97 Å². The molecule has 1 fully saturated rings. The van der Waals surface area contributed by atoms with Gasteiger partial charge in [-0.25, -0.2) is 0 Å². The van der Waals surface area contributed by atoms with Crippen molar-refractivity contribution in [2.45, 2.75) is 13.5 Å². The molecule has 1 aliphatic heterocycles. The van der Waals surface area contributed by atoms with Crippen molar-refractivity contribution in [2.75, 3.05) is 20.2 Å². The lowest BCUT2D eigenvalue weighted by Crippen LogP contribution is -2.24. The number of methoxy groups -OCH3 is 1. The fourth-order valence-electron chi connectivity index (χ4n) is 2.30. The van der Waals surface area contributed by atoms with E-state index in [0.29, 0.717) is 5.92 Å². The van der Waals surface area contributed by atoms with Crippen molar-refractivity contribution in [3.8, 4) is 0 Å². The molecule has 0 aromatic carbocycles. The average Bonchev–Trinajstić information content (AvgIpc) is 2.88. The van der Waals surface area contributed by atoms with Crippen molar-refractivity contribution in [1.29, 1.82) is 0 Å². The summed E-state index contributed by atoms with van der Waals surface area (Å²) in [5.41, 5.74) is 1.34. The van der Waals surface area contributed by atoms with Gasteiger partial charge in [0.25, 0.3) is 0 Å². The van der Waals surface area contributed by atoms with Gasteiger partial charge in [-0.3, -0.25) is 9.69 Å². The number of esters is 1. The van der Waals surface area contributed by atoms with Gasteiger partial charge in [0.05, 0.1) is 13.0 Å². The van der Waals surface area contributed by atoms with Crippen LogP contribution in [0.1, 0.15) is 12.5 Å². The maximum Gasteiger partial charge on any atom is 0.310 e. The van der Waals surface area contributed by atoms with E-state index in [9.17, 15) is 4.79 Å². The summed E-state index contributed by atoms with van der Waals surface area (Å²) in [4.78, 5) is 13.9. The van der Waals surface area contributed by atoms with E-state index in [1.165, 1.54) is 12.7 Å². The SMILES string of the molecule is COC(=O)C1CN(Cc2ccsc2)CC1C. The first-order valence-corrected chi connectivity index (χ1v) is 6.46. The number of carbonyl (C=O) groups excluding carboxylic acids is 1. The molecule has 1 aliphatic rings. The Kier molecular flexibility index (Phi) is 3.61. The monoisotopic (exact) mass is 239 g/mol. The first-order chi connectivity index (χ1) is 7.70. The molecule has 0 saturated carbocycles. The standard InChI is InChI=1S/C12H17NO2S/c1-9-5-13(6-10-3-4-16-8-10)7-11(9)12(14)15-2/h3-4,8-9,11H,5-7H2,1-2H3. The summed E-state index contributed by atoms with van der Waals surface area (Å²) in [5.74, 6) is 0.370. The lowest BCUT2D eigenvalue weighted by atomic mass is 9.99. The summed E-state index contributed by atoms with van der Waals surface area (Å²) in [5, 5.41) is 4.25. The minimum atomic E-state index is -0.0691. The molecule has 0 radical (unpaired) electrons. The molecule has 1 saturated heterocycles. The minimum absolute atomic E-state index is 0.0450. The van der Waals surface area contributed by atoms with Crippen molar-refractivity contribution in [3.63, 3.8) is 0 Å². The summed E-state index contributed by atoms with van der Waals surface area (Å²) in [6, 6.07) is 2.14. The van der Waals surface area contributed by atoms with E-state index in [2.05, 4.69) is 28.7 Å². The van der Waals surface area contributed by atoms with Crippen LogP contribution in [-0.4, -0.2) is 31.1 Å². The van der Waals surface area contributed by atoms with Gasteiger partial charge in [0.15, 0.2) is 0 Å². The normalized spacial score (nSPS) is 25.9. The van der Waals surface area contributed by atoms with E-state index < -0.39 is 0 Å². The molecule has 3 nitrogen and oxygen atoms in total. The Hall–Kier alpha value is -0.870. The van der Waals surface area contributed by atoms with Crippen LogP contribution >= 0.6 is 11.3 Å². The van der Waals surface area contributed by atoms with Crippen LogP contribution in [0.25, 0.3) is 0 Å². The molecule has 2 rings (SSSR count). The Morgan fingerprint density at radius 2 is 2.44 bits per heavy atom. The molecule has 2 unspecified atom stereocenters. The average molecular weight is 239 g/mol. The molecule has 2 heterocycles. The van der Waals surface area contributed by atoms with E-state index >= 15 is 0 Å². The molecule has 1 aromatic rings. The van der Waals surface area contributed by atoms with Crippen molar-refractivity contribution in [2.24, 2.45) is 11.8 Å². The van der Waals surface area contributed by atoms with Crippen molar-refractivity contribution in [3.05, 3.63) is 22.4 Å². The van der Waals surface area contributed by atoms with E-state index in [0.717, 1.165) is 19.6 Å². The predicted molar refractivity (Wildman–Crippen MR) is 64.3 cm³/mol. The molecule has 16 heavy (non-hydrogen) atoms. The number of hydrogen-bond donors (Lipinski definition) is 0. The number of likely N-dealkylation sites (tertiary alicyclic amines) is 1. The summed E-state index contributed by atoms with van der Waals surface area (Å²) < 4.78 is 4.82. The number of thiophene rings is 1. The highest BCUT2D eigenvalue weighted by Crippen LogP contribution is 2.25. The van der Waals surface area contributed by atoms with Gasteiger partial charge < -0.3 is 4.74 Å². The van der Waals surface area contributed by atoms with Gasteiger partial charge in [0, 0.05) is 19.6 Å². The van der Waals surface area contributed by atoms with Crippen molar-refractivity contribution < 1.29 is 9.53 Å². The molecular weight excluding hydrogens is 222 g/mol. The largest absolute Gasteiger partial charge is 0.469 e. The molecule has 0 spiro atoms. The topological polar surface area (TPSA) is 29.5 Å². The number of nitrogens with zero attached hydrogens (tertiary/aromatic N) is 1. The Morgan fingerprint density at radius 1 is 1.62 bits per heavy atom. The Labute approximate surface area is 100 Å². The van der Waals surface area contributed by atoms with Gasteiger partial charge in [0.1, 0.15) is 0 Å². The highest BCUT2D eigenvalue weighted by Gasteiger charge is 2.35. The zero-order valence-electron chi connectivity index (χ0n) is 9.68. The second kappa shape index (κ2) is 4.97. The Balaban J connectivity index is 1.93. The highest BCUT2D eigenvalue weighted by atomic mass is 32.1. The Morgan fingerprint density at radius 3 is 3.06 bits per heavy atom. The first-order valence-electron chi connectivity index (χ1n) is 5.52. The van der Waals surface area contributed by atoms with Crippen molar-refractivity contribution >= 4 is 17.3 Å². The molecule has 4 heteroatoms. The smallest absolute Gasteiger partial charge is 0.310 e. The molecule has 2 atom stereocenters. The van der Waals surface area contributed by atoms with Crippen LogP contribution in [0.5, 0.6) is 0 Å². The highest BCUT2D eigenvalue weighted by molar-refractivity contribution is 7.07. The molecule has 1 aromatic heterocycles.